The second kappa shape index (κ2) is 8.61. The first-order valence-electron chi connectivity index (χ1n) is 5.42. The van der Waals surface area contributed by atoms with Crippen molar-refractivity contribution in [2.45, 2.75) is 32.6 Å². The van der Waals surface area contributed by atoms with Gasteiger partial charge in [0.25, 0.3) is 0 Å². The van der Waals surface area contributed by atoms with E-state index in [2.05, 4.69) is 32.0 Å². The highest BCUT2D eigenvalue weighted by Crippen LogP contribution is 2.06. The van der Waals surface area contributed by atoms with Crippen LogP contribution in [0.3, 0.4) is 0 Å². The highest BCUT2D eigenvalue weighted by molar-refractivity contribution is 5.19. The first-order valence-corrected chi connectivity index (χ1v) is 5.42. The first kappa shape index (κ1) is 13.0. The van der Waals surface area contributed by atoms with Crippen molar-refractivity contribution in [1.29, 1.82) is 0 Å². The third-order valence-corrected chi connectivity index (χ3v) is 2.29. The Morgan fingerprint density at radius 1 is 1.21 bits per heavy atom. The topological polar surface area (TPSA) is 3.24 Å². The number of hydrogen-bond acceptors (Lipinski definition) is 1. The lowest BCUT2D eigenvalue weighted by atomic mass is 10.2. The predicted octanol–water partition coefficient (Wildman–Crippen LogP) is 3.75. The molecular formula is C13H23N. The van der Waals surface area contributed by atoms with Gasteiger partial charge in [-0.25, -0.2) is 0 Å². The average molecular weight is 193 g/mol. The summed E-state index contributed by atoms with van der Waals surface area (Å²) in [4.78, 5) is 2.23. The van der Waals surface area contributed by atoms with Crippen molar-refractivity contribution in [2.75, 3.05) is 13.6 Å². The van der Waals surface area contributed by atoms with Gasteiger partial charge in [0.15, 0.2) is 0 Å². The van der Waals surface area contributed by atoms with E-state index in [9.17, 15) is 0 Å². The van der Waals surface area contributed by atoms with Gasteiger partial charge in [0.05, 0.1) is 0 Å². The summed E-state index contributed by atoms with van der Waals surface area (Å²) in [6, 6.07) is 0. The van der Waals surface area contributed by atoms with Gasteiger partial charge in [-0.2, -0.15) is 0 Å². The van der Waals surface area contributed by atoms with Crippen LogP contribution in [0.4, 0.5) is 0 Å². The van der Waals surface area contributed by atoms with Crippen molar-refractivity contribution in [3.8, 4) is 0 Å². The number of nitrogens with zero attached hydrogens (tertiary/aromatic N) is 1. The largest absolute Gasteiger partial charge is 0.375 e. The summed E-state index contributed by atoms with van der Waals surface area (Å²) in [6.45, 7) is 10.8. The van der Waals surface area contributed by atoms with Crippen LogP contribution >= 0.6 is 0 Å². The van der Waals surface area contributed by atoms with Crippen LogP contribution in [0.5, 0.6) is 0 Å². The molecule has 0 N–H and O–H groups in total. The van der Waals surface area contributed by atoms with Gasteiger partial charge >= 0.3 is 0 Å². The summed E-state index contributed by atoms with van der Waals surface area (Å²) in [7, 11) is 2.10. The molecule has 80 valence electrons. The minimum absolute atomic E-state index is 1.10. The molecule has 0 radical (unpaired) electrons. The maximum Gasteiger partial charge on any atom is 0.0357 e. The molecule has 0 aliphatic heterocycles. The van der Waals surface area contributed by atoms with Crippen LogP contribution in [-0.2, 0) is 0 Å². The van der Waals surface area contributed by atoms with Crippen molar-refractivity contribution in [2.24, 2.45) is 0 Å². The molecule has 1 heteroatoms. The molecule has 0 aliphatic rings. The number of rotatable bonds is 8. The van der Waals surface area contributed by atoms with Crippen LogP contribution in [0.2, 0.25) is 0 Å². The molecule has 14 heavy (non-hydrogen) atoms. The first-order chi connectivity index (χ1) is 6.76. The molecule has 0 spiro atoms. The summed E-state index contributed by atoms with van der Waals surface area (Å²) >= 11 is 0. The maximum absolute atomic E-state index is 3.79. The minimum atomic E-state index is 1.10. The van der Waals surface area contributed by atoms with E-state index in [-0.39, 0.29) is 0 Å². The number of likely N-dealkylation sites (N-methyl/N-ethyl adjacent to an activating group) is 1. The SMILES string of the molecule is C=C/C=C(\C=C)N(C)CCCCCC. The molecule has 0 aromatic heterocycles. The smallest absolute Gasteiger partial charge is 0.0357 e. The van der Waals surface area contributed by atoms with Gasteiger partial charge < -0.3 is 4.90 Å². The van der Waals surface area contributed by atoms with Crippen LogP contribution in [-0.4, -0.2) is 18.5 Å². The molecular weight excluding hydrogens is 170 g/mol. The quantitative estimate of drug-likeness (QED) is 0.419. The molecule has 1 nitrogen and oxygen atoms in total. The lowest BCUT2D eigenvalue weighted by molar-refractivity contribution is 0.410. The van der Waals surface area contributed by atoms with E-state index in [0.29, 0.717) is 0 Å². The Morgan fingerprint density at radius 2 is 1.93 bits per heavy atom. The zero-order chi connectivity index (χ0) is 10.8. The molecule has 0 saturated carbocycles. The van der Waals surface area contributed by atoms with Gasteiger partial charge in [-0.3, -0.25) is 0 Å². The van der Waals surface area contributed by atoms with Crippen molar-refractivity contribution < 1.29 is 0 Å². The molecule has 0 unspecified atom stereocenters. The summed E-state index contributed by atoms with van der Waals surface area (Å²) in [5, 5.41) is 0. The Balaban J connectivity index is 3.81. The van der Waals surface area contributed by atoms with E-state index >= 15 is 0 Å². The number of unbranched alkanes of at least 4 members (excludes halogenated alkanes) is 3. The molecule has 0 fully saturated rings. The van der Waals surface area contributed by atoms with Crippen LogP contribution in [0.15, 0.2) is 37.1 Å². The van der Waals surface area contributed by atoms with E-state index in [0.717, 1.165) is 12.2 Å². The van der Waals surface area contributed by atoms with E-state index in [1.54, 1.807) is 6.08 Å². The normalized spacial score (nSPS) is 11.1. The second-order valence-corrected chi connectivity index (χ2v) is 3.51. The van der Waals surface area contributed by atoms with Crippen molar-refractivity contribution >= 4 is 0 Å². The molecule has 0 aliphatic carbocycles. The van der Waals surface area contributed by atoms with Crippen molar-refractivity contribution in [3.63, 3.8) is 0 Å². The summed E-state index contributed by atoms with van der Waals surface area (Å²) in [5.41, 5.74) is 1.15. The number of hydrogen-bond donors (Lipinski definition) is 0. The predicted molar refractivity (Wildman–Crippen MR) is 65.2 cm³/mol. The highest BCUT2D eigenvalue weighted by atomic mass is 15.1. The molecule has 0 atom stereocenters. The molecule has 0 bridgehead atoms. The van der Waals surface area contributed by atoms with Gasteiger partial charge in [-0.1, -0.05) is 45.4 Å². The highest BCUT2D eigenvalue weighted by Gasteiger charge is 1.98. The Labute approximate surface area is 88.8 Å². The molecule has 0 saturated heterocycles. The average Bonchev–Trinajstić information content (AvgIpc) is 2.20. The van der Waals surface area contributed by atoms with Crippen LogP contribution in [0, 0.1) is 0 Å². The monoisotopic (exact) mass is 193 g/mol. The Morgan fingerprint density at radius 3 is 2.43 bits per heavy atom. The summed E-state index contributed by atoms with van der Waals surface area (Å²) < 4.78 is 0. The maximum atomic E-state index is 3.79. The zero-order valence-electron chi connectivity index (χ0n) is 9.63. The van der Waals surface area contributed by atoms with Gasteiger partial charge in [-0.05, 0) is 18.6 Å². The Bertz CT molecular complexity index is 191. The van der Waals surface area contributed by atoms with E-state index in [4.69, 9.17) is 0 Å². The Hall–Kier alpha value is -0.980. The standard InChI is InChI=1S/C13H23N/c1-5-8-9-10-12-14(4)13(7-3)11-6-2/h6-7,11H,2-3,5,8-10,12H2,1,4H3/b13-11+. The third kappa shape index (κ3) is 5.63. The van der Waals surface area contributed by atoms with Crippen molar-refractivity contribution in [3.05, 3.63) is 37.1 Å². The molecule has 0 rings (SSSR count). The summed E-state index contributed by atoms with van der Waals surface area (Å²) in [5.74, 6) is 0. The van der Waals surface area contributed by atoms with E-state index < -0.39 is 0 Å². The molecule has 0 amide bonds. The lowest BCUT2D eigenvalue weighted by Gasteiger charge is -2.19. The second-order valence-electron chi connectivity index (χ2n) is 3.51. The van der Waals surface area contributed by atoms with E-state index in [1.807, 2.05) is 12.2 Å². The third-order valence-electron chi connectivity index (χ3n) is 2.29. The van der Waals surface area contributed by atoms with Crippen molar-refractivity contribution in [1.82, 2.24) is 4.90 Å². The zero-order valence-corrected chi connectivity index (χ0v) is 9.63. The van der Waals surface area contributed by atoms with Crippen LogP contribution in [0.25, 0.3) is 0 Å². The fraction of sp³-hybridized carbons (Fsp3) is 0.538. The number of allylic oxidation sites excluding steroid dienone is 3. The Kier molecular flexibility index (Phi) is 8.01. The minimum Gasteiger partial charge on any atom is -0.375 e. The lowest BCUT2D eigenvalue weighted by Crippen LogP contribution is -2.17. The van der Waals surface area contributed by atoms with Gasteiger partial charge in [0.2, 0.25) is 0 Å². The molecule has 0 heterocycles. The van der Waals surface area contributed by atoms with Gasteiger partial charge in [0.1, 0.15) is 0 Å². The van der Waals surface area contributed by atoms with Gasteiger partial charge in [-0.15, -0.1) is 0 Å². The van der Waals surface area contributed by atoms with Crippen LogP contribution in [0.1, 0.15) is 32.6 Å². The summed E-state index contributed by atoms with van der Waals surface area (Å²) in [6.07, 6.45) is 10.9. The van der Waals surface area contributed by atoms with E-state index in [1.165, 1.54) is 25.7 Å². The molecule has 0 aromatic carbocycles. The fourth-order valence-electron chi connectivity index (χ4n) is 1.38. The van der Waals surface area contributed by atoms with Gasteiger partial charge in [0, 0.05) is 19.3 Å². The molecule has 0 aromatic rings. The fourth-order valence-corrected chi connectivity index (χ4v) is 1.38. The van der Waals surface area contributed by atoms with Crippen LogP contribution < -0.4 is 0 Å².